The molecular weight excluding hydrogens is 321 g/mol. The second-order valence-corrected chi connectivity index (χ2v) is 6.21. The van der Waals surface area contributed by atoms with Crippen molar-refractivity contribution in [2.24, 2.45) is 5.92 Å². The summed E-state index contributed by atoms with van der Waals surface area (Å²) >= 11 is 0. The van der Waals surface area contributed by atoms with Gasteiger partial charge in [0.15, 0.2) is 5.82 Å². The van der Waals surface area contributed by atoms with Gasteiger partial charge in [-0.2, -0.15) is 0 Å². The van der Waals surface area contributed by atoms with Crippen molar-refractivity contribution < 1.29 is 14.3 Å². The van der Waals surface area contributed by atoms with E-state index in [2.05, 4.69) is 29.1 Å². The summed E-state index contributed by atoms with van der Waals surface area (Å²) in [7, 11) is 0. The molecule has 1 aromatic heterocycles. The minimum atomic E-state index is -1.01. The van der Waals surface area contributed by atoms with Crippen molar-refractivity contribution in [1.29, 1.82) is 0 Å². The number of aromatic nitrogens is 2. The molecule has 0 amide bonds. The molecule has 0 radical (unpaired) electrons. The molecular formula is C19H18FN3O2. The van der Waals surface area contributed by atoms with E-state index in [1.54, 1.807) is 18.2 Å². The van der Waals surface area contributed by atoms with Crippen LogP contribution in [0, 0.1) is 11.7 Å². The lowest BCUT2D eigenvalue weighted by Gasteiger charge is -2.14. The van der Waals surface area contributed by atoms with Crippen LogP contribution in [0.1, 0.15) is 24.2 Å². The number of fused-ring (bicyclic) bond motifs is 1. The quantitative estimate of drug-likeness (QED) is 0.728. The van der Waals surface area contributed by atoms with Crippen LogP contribution < -0.4 is 5.32 Å². The Morgan fingerprint density at radius 1 is 1.12 bits per heavy atom. The van der Waals surface area contributed by atoms with Crippen molar-refractivity contribution in [2.75, 3.05) is 11.9 Å². The largest absolute Gasteiger partial charge is 0.478 e. The fraction of sp³-hybridized carbons (Fsp3) is 0.211. The maximum atomic E-state index is 13.2. The van der Waals surface area contributed by atoms with E-state index in [0.29, 0.717) is 35.0 Å². The lowest BCUT2D eigenvalue weighted by Crippen LogP contribution is -2.11. The van der Waals surface area contributed by atoms with Gasteiger partial charge >= 0.3 is 5.97 Å². The Balaban J connectivity index is 2.15. The first-order valence-electron chi connectivity index (χ1n) is 7.99. The Kier molecular flexibility index (Phi) is 4.61. The van der Waals surface area contributed by atoms with E-state index >= 15 is 0 Å². The molecule has 25 heavy (non-hydrogen) atoms. The molecule has 3 aromatic rings. The van der Waals surface area contributed by atoms with Crippen molar-refractivity contribution in [1.82, 2.24) is 9.97 Å². The van der Waals surface area contributed by atoms with Gasteiger partial charge in [0.05, 0.1) is 16.6 Å². The van der Waals surface area contributed by atoms with Crippen LogP contribution in [-0.2, 0) is 0 Å². The number of nitrogens with one attached hydrogen (secondary N) is 1. The third-order valence-electron chi connectivity index (χ3n) is 3.71. The fourth-order valence-electron chi connectivity index (χ4n) is 2.42. The first kappa shape index (κ1) is 16.8. The molecule has 6 heteroatoms. The molecule has 3 rings (SSSR count). The van der Waals surface area contributed by atoms with Gasteiger partial charge in [0.1, 0.15) is 11.5 Å². The molecule has 0 saturated carbocycles. The summed E-state index contributed by atoms with van der Waals surface area (Å²) < 4.78 is 13.2. The van der Waals surface area contributed by atoms with E-state index in [9.17, 15) is 9.18 Å². The summed E-state index contributed by atoms with van der Waals surface area (Å²) in [6.45, 7) is 4.83. The SMILES string of the molecule is CC(C)CNc1nc2cc(C(=O)O)ccc2nc1-c1ccc(F)cc1. The zero-order chi connectivity index (χ0) is 18.0. The highest BCUT2D eigenvalue weighted by Gasteiger charge is 2.13. The molecule has 0 saturated heterocycles. The van der Waals surface area contributed by atoms with Crippen molar-refractivity contribution in [2.45, 2.75) is 13.8 Å². The summed E-state index contributed by atoms with van der Waals surface area (Å²) in [4.78, 5) is 20.3. The van der Waals surface area contributed by atoms with E-state index < -0.39 is 5.97 Å². The van der Waals surface area contributed by atoms with E-state index in [-0.39, 0.29) is 11.4 Å². The van der Waals surface area contributed by atoms with Gasteiger partial charge < -0.3 is 10.4 Å². The van der Waals surface area contributed by atoms with Crippen LogP contribution in [0.3, 0.4) is 0 Å². The third-order valence-corrected chi connectivity index (χ3v) is 3.71. The van der Waals surface area contributed by atoms with E-state index in [1.807, 2.05) is 0 Å². The van der Waals surface area contributed by atoms with Crippen LogP contribution in [0.15, 0.2) is 42.5 Å². The molecule has 2 N–H and O–H groups in total. The van der Waals surface area contributed by atoms with Gasteiger partial charge in [-0.25, -0.2) is 19.2 Å². The number of benzene rings is 2. The van der Waals surface area contributed by atoms with Crippen molar-refractivity contribution in [3.8, 4) is 11.3 Å². The number of nitrogens with zero attached hydrogens (tertiary/aromatic N) is 2. The van der Waals surface area contributed by atoms with Crippen LogP contribution in [0.4, 0.5) is 10.2 Å². The van der Waals surface area contributed by atoms with Crippen LogP contribution in [0.5, 0.6) is 0 Å². The molecule has 0 aliphatic heterocycles. The third kappa shape index (κ3) is 3.74. The van der Waals surface area contributed by atoms with E-state index in [0.717, 1.165) is 5.56 Å². The number of carbonyl (C=O) groups is 1. The van der Waals surface area contributed by atoms with E-state index in [4.69, 9.17) is 5.11 Å². The Bertz CT molecular complexity index is 924. The highest BCUT2D eigenvalue weighted by molar-refractivity contribution is 5.93. The zero-order valence-corrected chi connectivity index (χ0v) is 14.0. The molecule has 2 aromatic carbocycles. The molecule has 0 spiro atoms. The van der Waals surface area contributed by atoms with Crippen molar-refractivity contribution in [3.05, 3.63) is 53.8 Å². The lowest BCUT2D eigenvalue weighted by molar-refractivity contribution is 0.0697. The summed E-state index contributed by atoms with van der Waals surface area (Å²) in [5.74, 6) is -0.387. The minimum absolute atomic E-state index is 0.158. The standard InChI is InChI=1S/C19H18FN3O2/c1-11(2)10-21-18-17(12-3-6-14(20)7-4-12)22-15-8-5-13(19(24)25)9-16(15)23-18/h3-9,11H,10H2,1-2H3,(H,21,23)(H,24,25). The zero-order valence-electron chi connectivity index (χ0n) is 14.0. The minimum Gasteiger partial charge on any atom is -0.478 e. The molecule has 5 nitrogen and oxygen atoms in total. The van der Waals surface area contributed by atoms with Crippen LogP contribution in [0.2, 0.25) is 0 Å². The lowest BCUT2D eigenvalue weighted by atomic mass is 10.1. The molecule has 0 bridgehead atoms. The van der Waals surface area contributed by atoms with Crippen molar-refractivity contribution in [3.63, 3.8) is 0 Å². The molecule has 128 valence electrons. The van der Waals surface area contributed by atoms with Gasteiger partial charge in [0, 0.05) is 12.1 Å². The van der Waals surface area contributed by atoms with Gasteiger partial charge in [0.2, 0.25) is 0 Å². The van der Waals surface area contributed by atoms with Gasteiger partial charge in [0.25, 0.3) is 0 Å². The number of aromatic carboxylic acids is 1. The average molecular weight is 339 g/mol. The predicted octanol–water partition coefficient (Wildman–Crippen LogP) is 4.20. The number of carboxylic acids is 1. The number of carboxylic acid groups (broad SMARTS) is 1. The highest BCUT2D eigenvalue weighted by Crippen LogP contribution is 2.28. The van der Waals surface area contributed by atoms with Gasteiger partial charge in [-0.05, 0) is 48.4 Å². The maximum absolute atomic E-state index is 13.2. The monoisotopic (exact) mass is 339 g/mol. The summed E-state index contributed by atoms with van der Waals surface area (Å²) in [6, 6.07) is 10.7. The fourth-order valence-corrected chi connectivity index (χ4v) is 2.42. The number of halogens is 1. The average Bonchev–Trinajstić information content (AvgIpc) is 2.59. The Labute approximate surface area is 144 Å². The second kappa shape index (κ2) is 6.84. The predicted molar refractivity (Wildman–Crippen MR) is 95.2 cm³/mol. The van der Waals surface area contributed by atoms with E-state index in [1.165, 1.54) is 24.3 Å². The number of hydrogen-bond donors (Lipinski definition) is 2. The van der Waals surface area contributed by atoms with Crippen LogP contribution in [-0.4, -0.2) is 27.6 Å². The van der Waals surface area contributed by atoms with Gasteiger partial charge in [-0.3, -0.25) is 0 Å². The number of hydrogen-bond acceptors (Lipinski definition) is 4. The Morgan fingerprint density at radius 3 is 2.48 bits per heavy atom. The Morgan fingerprint density at radius 2 is 1.84 bits per heavy atom. The molecule has 1 heterocycles. The topological polar surface area (TPSA) is 75.1 Å². The molecule has 0 aliphatic rings. The molecule has 0 aliphatic carbocycles. The normalized spacial score (nSPS) is 11.0. The summed E-state index contributed by atoms with van der Waals surface area (Å²) in [5.41, 5.74) is 2.59. The smallest absolute Gasteiger partial charge is 0.335 e. The second-order valence-electron chi connectivity index (χ2n) is 6.21. The van der Waals surface area contributed by atoms with Gasteiger partial charge in [-0.1, -0.05) is 13.8 Å². The maximum Gasteiger partial charge on any atom is 0.335 e. The Hall–Kier alpha value is -3.02. The van der Waals surface area contributed by atoms with Crippen LogP contribution in [0.25, 0.3) is 22.3 Å². The first-order valence-corrected chi connectivity index (χ1v) is 7.99. The molecule has 0 atom stereocenters. The summed E-state index contributed by atoms with van der Waals surface area (Å²) in [5, 5.41) is 12.4. The highest BCUT2D eigenvalue weighted by atomic mass is 19.1. The first-order chi connectivity index (χ1) is 11.9. The van der Waals surface area contributed by atoms with Crippen molar-refractivity contribution >= 4 is 22.8 Å². The summed E-state index contributed by atoms with van der Waals surface area (Å²) in [6.07, 6.45) is 0. The van der Waals surface area contributed by atoms with Gasteiger partial charge in [-0.15, -0.1) is 0 Å². The van der Waals surface area contributed by atoms with Crippen LogP contribution >= 0.6 is 0 Å². The number of anilines is 1. The molecule has 0 unspecified atom stereocenters. The number of rotatable bonds is 5. The molecule has 0 fully saturated rings.